The van der Waals surface area contributed by atoms with Crippen molar-refractivity contribution in [1.82, 2.24) is 9.97 Å². The highest BCUT2D eigenvalue weighted by Crippen LogP contribution is 2.48. The van der Waals surface area contributed by atoms with Crippen molar-refractivity contribution in [3.8, 4) is 6.01 Å². The van der Waals surface area contributed by atoms with Crippen molar-refractivity contribution >= 4 is 33.7 Å². The van der Waals surface area contributed by atoms with Crippen LogP contribution in [0.4, 0.5) is 0 Å². The van der Waals surface area contributed by atoms with Crippen LogP contribution in [-0.4, -0.2) is 21.4 Å². The van der Waals surface area contributed by atoms with Gasteiger partial charge in [0.15, 0.2) is 0 Å². The van der Waals surface area contributed by atoms with Gasteiger partial charge in [0.2, 0.25) is 0 Å². The molecule has 0 saturated heterocycles. The third-order valence-corrected chi connectivity index (χ3v) is 8.90. The van der Waals surface area contributed by atoms with Gasteiger partial charge in [-0.25, -0.2) is 0 Å². The molecule has 2 N–H and O–H groups in total. The van der Waals surface area contributed by atoms with Crippen molar-refractivity contribution in [2.75, 3.05) is 6.61 Å². The summed E-state index contributed by atoms with van der Waals surface area (Å²) in [6.07, 6.45) is 7.36. The summed E-state index contributed by atoms with van der Waals surface area (Å²) in [5.41, 5.74) is 19.0. The number of aryl methyl sites for hydroxylation is 3. The lowest BCUT2D eigenvalue weighted by atomic mass is 9.84. The molecule has 1 heterocycles. The van der Waals surface area contributed by atoms with Crippen LogP contribution in [0.5, 0.6) is 6.01 Å². The summed E-state index contributed by atoms with van der Waals surface area (Å²) >= 11 is 5.99. The molecular formula is C32H45N3OS. The van der Waals surface area contributed by atoms with Crippen LogP contribution in [0.3, 0.4) is 0 Å². The van der Waals surface area contributed by atoms with E-state index >= 15 is 0 Å². The number of aromatic nitrogens is 2. The Bertz CT molecular complexity index is 1320. The minimum absolute atomic E-state index is 0.303. The van der Waals surface area contributed by atoms with Crippen LogP contribution in [0.2, 0.25) is 0 Å². The van der Waals surface area contributed by atoms with E-state index in [9.17, 15) is 0 Å². The summed E-state index contributed by atoms with van der Waals surface area (Å²) in [6, 6.07) is 0.466. The molecule has 3 rings (SSSR count). The summed E-state index contributed by atoms with van der Waals surface area (Å²) in [4.78, 5) is 10.6. The molecule has 1 aliphatic rings. The molecular weight excluding hydrogens is 474 g/mol. The highest BCUT2D eigenvalue weighted by atomic mass is 32.1. The summed E-state index contributed by atoms with van der Waals surface area (Å²) in [7, 11) is 0. The first-order valence-corrected chi connectivity index (χ1v) is 14.1. The summed E-state index contributed by atoms with van der Waals surface area (Å²) in [5, 5.41) is 1.13. The normalized spacial score (nSPS) is 15.5. The molecule has 2 aromatic rings. The molecule has 0 amide bonds. The Hall–Kier alpha value is -2.53. The zero-order valence-corrected chi connectivity index (χ0v) is 25.4. The number of fused-ring (bicyclic) bond motifs is 1. The molecule has 37 heavy (non-hydrogen) atoms. The molecule has 4 nitrogen and oxygen atoms in total. The van der Waals surface area contributed by atoms with Crippen LogP contribution in [0.25, 0.3) is 16.6 Å². The maximum absolute atomic E-state index is 7.14. The molecule has 1 aromatic carbocycles. The van der Waals surface area contributed by atoms with Crippen LogP contribution in [0.15, 0.2) is 28.4 Å². The molecule has 1 aromatic heterocycles. The van der Waals surface area contributed by atoms with Gasteiger partial charge in [0, 0.05) is 32.5 Å². The monoisotopic (exact) mass is 519 g/mol. The van der Waals surface area contributed by atoms with E-state index < -0.39 is 0 Å². The van der Waals surface area contributed by atoms with Gasteiger partial charge in [0.25, 0.3) is 0 Å². The zero-order valence-electron chi connectivity index (χ0n) is 24.6. The minimum Gasteiger partial charge on any atom is -0.463 e. The number of nitrogens with zero attached hydrogens (tertiary/aromatic N) is 2. The molecule has 5 heteroatoms. The standard InChI is InChI=1S/C32H45N3OS/c1-11-19(7)30(37)26(20(8)18(5)6)28(33)25-21(9)29-27(24(13-3)23(25)12-2)22(10)34-31(35-29)36-17-32(14-4)15-16-32/h11H,12-17,33H2,1-10H3/b19-11-,28-26-. The Morgan fingerprint density at radius 1 is 1.03 bits per heavy atom. The van der Waals surface area contributed by atoms with Gasteiger partial charge in [-0.2, -0.15) is 9.97 Å². The van der Waals surface area contributed by atoms with Gasteiger partial charge >= 0.3 is 6.01 Å². The zero-order chi connectivity index (χ0) is 27.7. The predicted octanol–water partition coefficient (Wildman–Crippen LogP) is 8.30. The predicted molar refractivity (Wildman–Crippen MR) is 162 cm³/mol. The largest absolute Gasteiger partial charge is 0.463 e. The number of hydrogen-bond acceptors (Lipinski definition) is 5. The smallest absolute Gasteiger partial charge is 0.317 e. The molecule has 0 unspecified atom stereocenters. The summed E-state index contributed by atoms with van der Waals surface area (Å²) in [5.74, 6) is 0. The van der Waals surface area contributed by atoms with Crippen LogP contribution in [-0.2, 0) is 12.8 Å². The van der Waals surface area contributed by atoms with Gasteiger partial charge in [-0.15, -0.1) is 0 Å². The van der Waals surface area contributed by atoms with Crippen LogP contribution in [0.1, 0.15) is 103 Å². The SMILES string of the molecule is C/C=C(/C)C(=S)/C(C(C)=C(C)C)=C(\N)c1c(CC)c(CC)c2c(C)nc(OCC3(CC)CC3)nc2c1C. The molecule has 0 aliphatic heterocycles. The average molecular weight is 520 g/mol. The molecule has 1 saturated carbocycles. The summed E-state index contributed by atoms with van der Waals surface area (Å²) < 4.78 is 6.20. The average Bonchev–Trinajstić information content (AvgIpc) is 3.67. The molecule has 0 radical (unpaired) electrons. The van der Waals surface area contributed by atoms with Gasteiger partial charge in [-0.3, -0.25) is 0 Å². The summed E-state index contributed by atoms with van der Waals surface area (Å²) in [6.45, 7) is 22.0. The van der Waals surface area contributed by atoms with E-state index in [-0.39, 0.29) is 0 Å². The molecule has 1 aliphatic carbocycles. The topological polar surface area (TPSA) is 61.0 Å². The van der Waals surface area contributed by atoms with Gasteiger partial charge in [0.1, 0.15) is 0 Å². The maximum Gasteiger partial charge on any atom is 0.317 e. The van der Waals surface area contributed by atoms with Crippen molar-refractivity contribution in [3.63, 3.8) is 0 Å². The molecule has 0 atom stereocenters. The number of allylic oxidation sites excluding steroid dienone is 5. The quantitative estimate of drug-likeness (QED) is 0.194. The number of nitrogens with two attached hydrogens (primary N) is 1. The third kappa shape index (κ3) is 5.52. The number of thiocarbonyl (C=S) groups is 1. The Labute approximate surface area is 229 Å². The number of hydrogen-bond donors (Lipinski definition) is 1. The van der Waals surface area contributed by atoms with E-state index in [0.717, 1.165) is 74.3 Å². The second-order valence-corrected chi connectivity index (χ2v) is 11.2. The lowest BCUT2D eigenvalue weighted by Crippen LogP contribution is -2.17. The Balaban J connectivity index is 2.38. The lowest BCUT2D eigenvalue weighted by molar-refractivity contribution is 0.214. The van der Waals surface area contributed by atoms with Gasteiger partial charge in [-0.1, -0.05) is 44.6 Å². The van der Waals surface area contributed by atoms with Crippen molar-refractivity contribution in [2.45, 2.75) is 101 Å². The fourth-order valence-electron chi connectivity index (χ4n) is 5.23. The van der Waals surface area contributed by atoms with E-state index in [2.05, 4.69) is 68.4 Å². The van der Waals surface area contributed by atoms with Crippen molar-refractivity contribution in [1.29, 1.82) is 0 Å². The van der Waals surface area contributed by atoms with E-state index in [1.807, 2.05) is 6.92 Å². The molecule has 0 bridgehead atoms. The number of benzene rings is 1. The first-order chi connectivity index (χ1) is 17.5. The van der Waals surface area contributed by atoms with Crippen LogP contribution < -0.4 is 10.5 Å². The highest BCUT2D eigenvalue weighted by molar-refractivity contribution is 7.81. The molecule has 1 fully saturated rings. The fraction of sp³-hybridized carbons (Fsp3) is 0.531. The van der Waals surface area contributed by atoms with Crippen LogP contribution in [0, 0.1) is 19.3 Å². The van der Waals surface area contributed by atoms with Crippen molar-refractivity contribution in [2.24, 2.45) is 11.1 Å². The Kier molecular flexibility index (Phi) is 9.00. The second kappa shape index (κ2) is 11.5. The van der Waals surface area contributed by atoms with Crippen molar-refractivity contribution in [3.05, 3.63) is 56.3 Å². The Morgan fingerprint density at radius 2 is 1.65 bits per heavy atom. The highest BCUT2D eigenvalue weighted by Gasteiger charge is 2.41. The number of ether oxygens (including phenoxy) is 1. The van der Waals surface area contributed by atoms with E-state index in [0.29, 0.717) is 18.0 Å². The maximum atomic E-state index is 7.14. The third-order valence-electron chi connectivity index (χ3n) is 8.37. The number of rotatable bonds is 10. The first kappa shape index (κ1) is 29.0. The minimum atomic E-state index is 0.303. The molecule has 200 valence electrons. The lowest BCUT2D eigenvalue weighted by Gasteiger charge is -2.24. The second-order valence-electron chi connectivity index (χ2n) is 10.8. The van der Waals surface area contributed by atoms with E-state index in [1.165, 1.54) is 29.5 Å². The van der Waals surface area contributed by atoms with Gasteiger partial charge < -0.3 is 10.5 Å². The van der Waals surface area contributed by atoms with E-state index in [1.54, 1.807) is 0 Å². The van der Waals surface area contributed by atoms with Gasteiger partial charge in [0.05, 0.1) is 17.8 Å². The van der Waals surface area contributed by atoms with Crippen LogP contribution >= 0.6 is 12.2 Å². The van der Waals surface area contributed by atoms with Crippen molar-refractivity contribution < 1.29 is 4.74 Å². The Morgan fingerprint density at radius 3 is 2.14 bits per heavy atom. The van der Waals surface area contributed by atoms with E-state index in [4.69, 9.17) is 32.7 Å². The molecule has 0 spiro atoms. The fourth-order valence-corrected chi connectivity index (χ4v) is 5.61. The first-order valence-electron chi connectivity index (χ1n) is 13.7. The van der Waals surface area contributed by atoms with Gasteiger partial charge in [-0.05, 0) is 108 Å².